The predicted molar refractivity (Wildman–Crippen MR) is 118 cm³/mol. The summed E-state index contributed by atoms with van der Waals surface area (Å²) in [6, 6.07) is 14.0. The summed E-state index contributed by atoms with van der Waals surface area (Å²) in [7, 11) is 0. The molecule has 0 aliphatic heterocycles. The molecule has 3 aromatic rings. The van der Waals surface area contributed by atoms with Crippen LogP contribution in [0.1, 0.15) is 40.3 Å². The van der Waals surface area contributed by atoms with Gasteiger partial charge in [0.1, 0.15) is 10.3 Å². The summed E-state index contributed by atoms with van der Waals surface area (Å²) < 4.78 is 1.96. The normalized spacial score (nSPS) is 10.8. The summed E-state index contributed by atoms with van der Waals surface area (Å²) in [5.74, 6) is -0.657. The van der Waals surface area contributed by atoms with Crippen molar-refractivity contribution in [1.82, 2.24) is 15.1 Å². The van der Waals surface area contributed by atoms with E-state index in [-0.39, 0.29) is 17.6 Å². The minimum Gasteiger partial charge on any atom is -0.350 e. The SMILES string of the molecule is Cc1cccc(C(=O)NC(C)C)c1NC(=O)c1cc(Br)nn1-c1ccccc1Cl. The molecule has 1 heterocycles. The maximum absolute atomic E-state index is 13.1. The zero-order valence-corrected chi connectivity index (χ0v) is 18.5. The lowest BCUT2D eigenvalue weighted by Gasteiger charge is -2.16. The van der Waals surface area contributed by atoms with Gasteiger partial charge in [-0.15, -0.1) is 0 Å². The van der Waals surface area contributed by atoms with E-state index in [0.717, 1.165) is 5.56 Å². The number of aromatic nitrogens is 2. The summed E-state index contributed by atoms with van der Waals surface area (Å²) in [6.07, 6.45) is 0. The van der Waals surface area contributed by atoms with Crippen LogP contribution < -0.4 is 10.6 Å². The molecule has 0 saturated heterocycles. The zero-order chi connectivity index (χ0) is 21.1. The molecule has 3 rings (SSSR count). The van der Waals surface area contributed by atoms with Crippen LogP contribution in [0.5, 0.6) is 0 Å². The van der Waals surface area contributed by atoms with Crippen molar-refractivity contribution in [3.05, 3.63) is 75.0 Å². The summed E-state index contributed by atoms with van der Waals surface area (Å²) in [5, 5.41) is 10.5. The van der Waals surface area contributed by atoms with Crippen molar-refractivity contribution in [3.63, 3.8) is 0 Å². The van der Waals surface area contributed by atoms with Crippen LogP contribution >= 0.6 is 27.5 Å². The lowest BCUT2D eigenvalue weighted by molar-refractivity contribution is 0.0944. The van der Waals surface area contributed by atoms with Crippen molar-refractivity contribution in [2.24, 2.45) is 0 Å². The van der Waals surface area contributed by atoms with Crippen LogP contribution in [-0.4, -0.2) is 27.6 Å². The van der Waals surface area contributed by atoms with Gasteiger partial charge in [-0.3, -0.25) is 9.59 Å². The summed E-state index contributed by atoms with van der Waals surface area (Å²) in [5.41, 5.74) is 2.49. The van der Waals surface area contributed by atoms with Crippen LogP contribution in [-0.2, 0) is 0 Å². The molecular weight excluding hydrogens is 456 g/mol. The number of nitrogens with zero attached hydrogens (tertiary/aromatic N) is 2. The number of benzene rings is 2. The Hall–Kier alpha value is -2.64. The third kappa shape index (κ3) is 4.68. The number of aryl methyl sites for hydroxylation is 1. The molecule has 2 N–H and O–H groups in total. The molecule has 8 heteroatoms. The average Bonchev–Trinajstić information content (AvgIpc) is 3.04. The second-order valence-corrected chi connectivity index (χ2v) is 8.01. The molecule has 150 valence electrons. The van der Waals surface area contributed by atoms with Gasteiger partial charge in [-0.05, 0) is 60.5 Å². The third-order valence-electron chi connectivity index (χ3n) is 4.17. The van der Waals surface area contributed by atoms with E-state index in [9.17, 15) is 9.59 Å². The molecule has 0 fully saturated rings. The van der Waals surface area contributed by atoms with Crippen LogP contribution in [0.3, 0.4) is 0 Å². The van der Waals surface area contributed by atoms with Gasteiger partial charge in [-0.2, -0.15) is 5.10 Å². The second-order valence-electron chi connectivity index (χ2n) is 6.80. The van der Waals surface area contributed by atoms with Gasteiger partial charge in [-0.25, -0.2) is 4.68 Å². The second kappa shape index (κ2) is 8.80. The molecule has 29 heavy (non-hydrogen) atoms. The largest absolute Gasteiger partial charge is 0.350 e. The summed E-state index contributed by atoms with van der Waals surface area (Å²) in [6.45, 7) is 5.60. The molecule has 0 spiro atoms. The first kappa shape index (κ1) is 21.1. The van der Waals surface area contributed by atoms with Gasteiger partial charge >= 0.3 is 0 Å². The first-order chi connectivity index (χ1) is 13.8. The zero-order valence-electron chi connectivity index (χ0n) is 16.2. The third-order valence-corrected chi connectivity index (χ3v) is 4.88. The lowest BCUT2D eigenvalue weighted by Crippen LogP contribution is -2.31. The predicted octanol–water partition coefficient (Wildman–Crippen LogP) is 4.99. The van der Waals surface area contributed by atoms with Gasteiger partial charge in [0.2, 0.25) is 0 Å². The Balaban J connectivity index is 1.99. The number of hydrogen-bond acceptors (Lipinski definition) is 3. The Bertz CT molecular complexity index is 1080. The van der Waals surface area contributed by atoms with E-state index in [4.69, 9.17) is 11.6 Å². The lowest BCUT2D eigenvalue weighted by atomic mass is 10.1. The number of para-hydroxylation sites is 2. The molecule has 0 bridgehead atoms. The highest BCUT2D eigenvalue weighted by molar-refractivity contribution is 9.10. The Morgan fingerprint density at radius 2 is 1.83 bits per heavy atom. The van der Waals surface area contributed by atoms with Crippen molar-refractivity contribution in [3.8, 4) is 5.69 Å². The smallest absolute Gasteiger partial charge is 0.274 e. The van der Waals surface area contributed by atoms with Crippen LogP contribution in [0.4, 0.5) is 5.69 Å². The number of hydrogen-bond donors (Lipinski definition) is 2. The Labute approximate surface area is 182 Å². The van der Waals surface area contributed by atoms with Crippen molar-refractivity contribution in [2.45, 2.75) is 26.8 Å². The monoisotopic (exact) mass is 474 g/mol. The number of amides is 2. The van der Waals surface area contributed by atoms with E-state index in [1.54, 1.807) is 36.4 Å². The van der Waals surface area contributed by atoms with Crippen molar-refractivity contribution < 1.29 is 9.59 Å². The first-order valence-corrected chi connectivity index (χ1v) is 10.2. The molecule has 2 aromatic carbocycles. The maximum Gasteiger partial charge on any atom is 0.274 e. The highest BCUT2D eigenvalue weighted by Gasteiger charge is 2.21. The van der Waals surface area contributed by atoms with Crippen LogP contribution in [0, 0.1) is 6.92 Å². The molecule has 0 aliphatic carbocycles. The summed E-state index contributed by atoms with van der Waals surface area (Å²) in [4.78, 5) is 25.7. The standard InChI is InChI=1S/C21H20BrClN4O2/c1-12(2)24-20(28)14-8-6-7-13(3)19(14)25-21(29)17-11-18(22)26-27(17)16-10-5-4-9-15(16)23/h4-12H,1-3H3,(H,24,28)(H,25,29). The van der Waals surface area contributed by atoms with E-state index in [1.807, 2.05) is 32.9 Å². The molecular formula is C21H20BrClN4O2. The minimum absolute atomic E-state index is 0.0239. The number of carbonyl (C=O) groups is 2. The molecule has 0 saturated carbocycles. The minimum atomic E-state index is -0.406. The van der Waals surface area contributed by atoms with Gasteiger partial charge < -0.3 is 10.6 Å². The van der Waals surface area contributed by atoms with Gasteiger partial charge in [0.15, 0.2) is 0 Å². The number of carbonyl (C=O) groups excluding carboxylic acids is 2. The number of nitrogens with one attached hydrogen (secondary N) is 2. The van der Waals surface area contributed by atoms with Gasteiger partial charge in [0, 0.05) is 12.1 Å². The quantitative estimate of drug-likeness (QED) is 0.546. The van der Waals surface area contributed by atoms with E-state index in [1.165, 1.54) is 4.68 Å². The highest BCUT2D eigenvalue weighted by Crippen LogP contribution is 2.26. The van der Waals surface area contributed by atoms with Gasteiger partial charge in [0.05, 0.1) is 22.0 Å². The van der Waals surface area contributed by atoms with E-state index >= 15 is 0 Å². The Morgan fingerprint density at radius 1 is 1.10 bits per heavy atom. The summed E-state index contributed by atoms with van der Waals surface area (Å²) >= 11 is 9.60. The molecule has 2 amide bonds. The number of anilines is 1. The fraction of sp³-hybridized carbons (Fsp3) is 0.190. The van der Waals surface area contributed by atoms with Crippen LogP contribution in [0.2, 0.25) is 5.02 Å². The van der Waals surface area contributed by atoms with E-state index in [0.29, 0.717) is 26.6 Å². The molecule has 0 atom stereocenters. The van der Waals surface area contributed by atoms with Crippen molar-refractivity contribution in [2.75, 3.05) is 5.32 Å². The molecule has 1 aromatic heterocycles. The van der Waals surface area contributed by atoms with E-state index in [2.05, 4.69) is 31.7 Å². The Morgan fingerprint density at radius 3 is 2.52 bits per heavy atom. The highest BCUT2D eigenvalue weighted by atomic mass is 79.9. The van der Waals surface area contributed by atoms with Gasteiger partial charge in [-0.1, -0.05) is 35.9 Å². The average molecular weight is 476 g/mol. The van der Waals surface area contributed by atoms with Crippen LogP contribution in [0.15, 0.2) is 53.1 Å². The van der Waals surface area contributed by atoms with Gasteiger partial charge in [0.25, 0.3) is 11.8 Å². The van der Waals surface area contributed by atoms with E-state index < -0.39 is 5.91 Å². The topological polar surface area (TPSA) is 76.0 Å². The number of rotatable bonds is 5. The first-order valence-electron chi connectivity index (χ1n) is 9.00. The van der Waals surface area contributed by atoms with Crippen molar-refractivity contribution >= 4 is 45.0 Å². The Kier molecular flexibility index (Phi) is 6.39. The van der Waals surface area contributed by atoms with Crippen molar-refractivity contribution in [1.29, 1.82) is 0 Å². The fourth-order valence-corrected chi connectivity index (χ4v) is 3.45. The number of halogens is 2. The molecule has 0 radical (unpaired) electrons. The molecule has 0 unspecified atom stereocenters. The molecule has 6 nitrogen and oxygen atoms in total. The fourth-order valence-electron chi connectivity index (χ4n) is 2.86. The molecule has 0 aliphatic rings. The maximum atomic E-state index is 13.1. The van der Waals surface area contributed by atoms with Crippen LogP contribution in [0.25, 0.3) is 5.69 Å².